The molecule has 0 aromatic heterocycles. The molecule has 102 valence electrons. The van der Waals surface area contributed by atoms with Crippen LogP contribution in [0.2, 0.25) is 18.1 Å². The highest BCUT2D eigenvalue weighted by molar-refractivity contribution is 7.85. The predicted molar refractivity (Wildman–Crippen MR) is 77.2 cm³/mol. The summed E-state index contributed by atoms with van der Waals surface area (Å²) in [6.45, 7) is 11.4. The highest BCUT2D eigenvalue weighted by Gasteiger charge is 2.34. The lowest BCUT2D eigenvalue weighted by atomic mass is 10.2. The van der Waals surface area contributed by atoms with Crippen LogP contribution in [-0.4, -0.2) is 21.0 Å². The second kappa shape index (κ2) is 4.79. The first-order chi connectivity index (χ1) is 7.93. The minimum absolute atomic E-state index is 0.0403. The summed E-state index contributed by atoms with van der Waals surface area (Å²) in [6.07, 6.45) is 0. The molecule has 1 rings (SSSR count). The molecule has 3 nitrogen and oxygen atoms in total. The zero-order valence-corrected chi connectivity index (χ0v) is 13.5. The molecule has 1 aromatic rings. The molecule has 1 N–H and O–H groups in total. The van der Waals surface area contributed by atoms with Gasteiger partial charge in [0.25, 0.3) is 10.1 Å². The van der Waals surface area contributed by atoms with Gasteiger partial charge < -0.3 is 0 Å². The quantitative estimate of drug-likeness (QED) is 0.683. The molecule has 0 radical (unpaired) electrons. The summed E-state index contributed by atoms with van der Waals surface area (Å²) in [4.78, 5) is -0.0403. The topological polar surface area (TPSA) is 54.4 Å². The summed E-state index contributed by atoms with van der Waals surface area (Å²) >= 11 is 0. The molecular formula is C13H22O3SSi. The van der Waals surface area contributed by atoms with Crippen molar-refractivity contribution < 1.29 is 13.0 Å². The minimum Gasteiger partial charge on any atom is -0.282 e. The van der Waals surface area contributed by atoms with Gasteiger partial charge in [-0.3, -0.25) is 4.55 Å². The van der Waals surface area contributed by atoms with Crippen molar-refractivity contribution in [1.82, 2.24) is 0 Å². The highest BCUT2D eigenvalue weighted by Crippen LogP contribution is 2.37. The van der Waals surface area contributed by atoms with Crippen molar-refractivity contribution in [2.45, 2.75) is 49.8 Å². The second-order valence-electron chi connectivity index (χ2n) is 6.43. The first-order valence-corrected chi connectivity index (χ1v) is 10.6. The van der Waals surface area contributed by atoms with Gasteiger partial charge in [0.2, 0.25) is 0 Å². The van der Waals surface area contributed by atoms with Crippen LogP contribution in [0.1, 0.15) is 26.3 Å². The SMILES string of the molecule is CC(C)(C)[Si](C)(C)Cc1ccc(S(=O)(=O)O)cc1. The van der Waals surface area contributed by atoms with Crippen molar-refractivity contribution in [2.75, 3.05) is 0 Å². The van der Waals surface area contributed by atoms with Crippen molar-refractivity contribution in [1.29, 1.82) is 0 Å². The maximum absolute atomic E-state index is 11.0. The Hall–Kier alpha value is -0.653. The molecular weight excluding hydrogens is 264 g/mol. The normalized spacial score (nSPS) is 13.7. The van der Waals surface area contributed by atoms with Gasteiger partial charge in [-0.1, -0.05) is 51.6 Å². The van der Waals surface area contributed by atoms with Gasteiger partial charge in [-0.05, 0) is 23.2 Å². The van der Waals surface area contributed by atoms with Crippen LogP contribution in [0, 0.1) is 0 Å². The third-order valence-electron chi connectivity index (χ3n) is 3.90. The third-order valence-corrected chi connectivity index (χ3v) is 10.1. The molecule has 1 aromatic carbocycles. The van der Waals surface area contributed by atoms with E-state index in [-0.39, 0.29) is 4.90 Å². The fourth-order valence-electron chi connectivity index (χ4n) is 1.55. The molecule has 0 heterocycles. The number of hydrogen-bond acceptors (Lipinski definition) is 2. The zero-order chi connectivity index (χ0) is 14.2. The van der Waals surface area contributed by atoms with Gasteiger partial charge in [-0.25, -0.2) is 0 Å². The van der Waals surface area contributed by atoms with Gasteiger partial charge >= 0.3 is 0 Å². The maximum atomic E-state index is 11.0. The van der Waals surface area contributed by atoms with Crippen molar-refractivity contribution in [3.05, 3.63) is 29.8 Å². The molecule has 0 amide bonds. The predicted octanol–water partition coefficient (Wildman–Crippen LogP) is 3.52. The van der Waals surface area contributed by atoms with Crippen molar-refractivity contribution in [2.24, 2.45) is 0 Å². The van der Waals surface area contributed by atoms with E-state index in [1.807, 2.05) is 0 Å². The highest BCUT2D eigenvalue weighted by atomic mass is 32.2. The average Bonchev–Trinajstić information content (AvgIpc) is 2.14. The summed E-state index contributed by atoms with van der Waals surface area (Å²) in [7, 11) is -5.50. The Morgan fingerprint density at radius 2 is 1.56 bits per heavy atom. The third kappa shape index (κ3) is 3.67. The van der Waals surface area contributed by atoms with Crippen LogP contribution in [0.5, 0.6) is 0 Å². The molecule has 0 saturated carbocycles. The Morgan fingerprint density at radius 1 is 1.11 bits per heavy atom. The van der Waals surface area contributed by atoms with Gasteiger partial charge in [0.05, 0.1) is 13.0 Å². The Bertz CT molecular complexity index is 510. The first-order valence-electron chi connectivity index (χ1n) is 6.00. The average molecular weight is 286 g/mol. The smallest absolute Gasteiger partial charge is 0.282 e. The van der Waals surface area contributed by atoms with E-state index in [9.17, 15) is 8.42 Å². The zero-order valence-electron chi connectivity index (χ0n) is 11.7. The monoisotopic (exact) mass is 286 g/mol. The van der Waals surface area contributed by atoms with E-state index >= 15 is 0 Å². The molecule has 0 spiro atoms. The van der Waals surface area contributed by atoms with Gasteiger partial charge in [-0.15, -0.1) is 0 Å². The van der Waals surface area contributed by atoms with Gasteiger partial charge in [0.15, 0.2) is 0 Å². The van der Waals surface area contributed by atoms with Crippen molar-refractivity contribution in [3.63, 3.8) is 0 Å². The fourth-order valence-corrected chi connectivity index (χ4v) is 3.82. The molecule has 0 saturated heterocycles. The van der Waals surface area contributed by atoms with Gasteiger partial charge in [0, 0.05) is 0 Å². The molecule has 0 unspecified atom stereocenters. The molecule has 0 aliphatic rings. The van der Waals surface area contributed by atoms with Crippen LogP contribution in [0.15, 0.2) is 29.2 Å². The second-order valence-corrected chi connectivity index (χ2v) is 13.5. The van der Waals surface area contributed by atoms with Gasteiger partial charge in [-0.2, -0.15) is 8.42 Å². The fraction of sp³-hybridized carbons (Fsp3) is 0.538. The van der Waals surface area contributed by atoms with Crippen LogP contribution in [0.3, 0.4) is 0 Å². The Kier molecular flexibility index (Phi) is 4.10. The van der Waals surface area contributed by atoms with Crippen molar-refractivity contribution >= 4 is 18.2 Å². The van der Waals surface area contributed by atoms with Crippen LogP contribution < -0.4 is 0 Å². The molecule has 0 aliphatic carbocycles. The van der Waals surface area contributed by atoms with Crippen LogP contribution in [0.4, 0.5) is 0 Å². The first kappa shape index (κ1) is 15.4. The van der Waals surface area contributed by atoms with Crippen molar-refractivity contribution in [3.8, 4) is 0 Å². The number of benzene rings is 1. The lowest BCUT2D eigenvalue weighted by Crippen LogP contribution is -2.39. The maximum Gasteiger partial charge on any atom is 0.294 e. The molecule has 0 aliphatic heterocycles. The summed E-state index contributed by atoms with van der Waals surface area (Å²) in [5.74, 6) is 0. The van der Waals surface area contributed by atoms with Gasteiger partial charge in [0.1, 0.15) is 0 Å². The van der Waals surface area contributed by atoms with E-state index in [4.69, 9.17) is 4.55 Å². The standard InChI is InChI=1S/C13H22O3SSi/c1-13(2,3)18(4,5)10-11-6-8-12(9-7-11)17(14,15)16/h6-9H,10H2,1-5H3,(H,14,15,16). The molecule has 0 atom stereocenters. The Morgan fingerprint density at radius 3 is 1.89 bits per heavy atom. The van der Waals surface area contributed by atoms with E-state index in [1.54, 1.807) is 12.1 Å². The molecule has 0 fully saturated rings. The summed E-state index contributed by atoms with van der Waals surface area (Å²) < 4.78 is 30.8. The van der Waals surface area contributed by atoms with E-state index in [2.05, 4.69) is 33.9 Å². The van der Waals surface area contributed by atoms with E-state index in [0.717, 1.165) is 11.6 Å². The molecule has 5 heteroatoms. The van der Waals surface area contributed by atoms with E-state index < -0.39 is 18.2 Å². The Balaban J connectivity index is 2.95. The van der Waals surface area contributed by atoms with Crippen LogP contribution in [0.25, 0.3) is 0 Å². The van der Waals surface area contributed by atoms with E-state index in [1.165, 1.54) is 12.1 Å². The molecule has 18 heavy (non-hydrogen) atoms. The lowest BCUT2D eigenvalue weighted by Gasteiger charge is -2.37. The van der Waals surface area contributed by atoms with E-state index in [0.29, 0.717) is 5.04 Å². The summed E-state index contributed by atoms with van der Waals surface area (Å²) in [6, 6.07) is 7.53. The Labute approximate surface area is 111 Å². The summed E-state index contributed by atoms with van der Waals surface area (Å²) in [5.41, 5.74) is 1.13. The largest absolute Gasteiger partial charge is 0.294 e. The summed E-state index contributed by atoms with van der Waals surface area (Å²) in [5, 5.41) is 0.300. The molecule has 0 bridgehead atoms. The van der Waals surface area contributed by atoms with Crippen LogP contribution in [-0.2, 0) is 16.2 Å². The number of rotatable bonds is 3. The minimum atomic E-state index is -4.08. The van der Waals surface area contributed by atoms with Crippen LogP contribution >= 0.6 is 0 Å². The lowest BCUT2D eigenvalue weighted by molar-refractivity contribution is 0.483. The number of hydrogen-bond donors (Lipinski definition) is 1.